The molecule has 0 spiro atoms. The molecular formula is C15H23NO4S. The predicted octanol–water partition coefficient (Wildman–Crippen LogP) is 2.07. The number of alkyl carbamates (subject to hydrolysis) is 1. The van der Waals surface area contributed by atoms with Crippen molar-refractivity contribution in [3.63, 3.8) is 0 Å². The fourth-order valence-corrected chi connectivity index (χ4v) is 2.95. The summed E-state index contributed by atoms with van der Waals surface area (Å²) in [5.74, 6) is 0.240. The fourth-order valence-electron chi connectivity index (χ4n) is 1.68. The van der Waals surface area contributed by atoms with Crippen LogP contribution in [-0.4, -0.2) is 39.8 Å². The predicted molar refractivity (Wildman–Crippen MR) is 82.6 cm³/mol. The van der Waals surface area contributed by atoms with Crippen LogP contribution in [0.2, 0.25) is 0 Å². The van der Waals surface area contributed by atoms with Gasteiger partial charge in [-0.25, -0.2) is 4.79 Å². The van der Waals surface area contributed by atoms with E-state index in [1.807, 2.05) is 18.2 Å². The second-order valence-electron chi connectivity index (χ2n) is 5.68. The molecule has 0 aliphatic rings. The quantitative estimate of drug-likeness (QED) is 0.788. The smallest absolute Gasteiger partial charge is 0.408 e. The first kappa shape index (κ1) is 17.8. The number of benzene rings is 1. The minimum atomic E-state index is -1.24. The van der Waals surface area contributed by atoms with Gasteiger partial charge in [0, 0.05) is 6.61 Å². The van der Waals surface area contributed by atoms with Gasteiger partial charge >= 0.3 is 6.09 Å². The number of carbonyl (C=O) groups excluding carboxylic acids is 1. The highest BCUT2D eigenvalue weighted by Crippen LogP contribution is 2.13. The van der Waals surface area contributed by atoms with Crippen molar-refractivity contribution < 1.29 is 19.2 Å². The number of amides is 1. The van der Waals surface area contributed by atoms with Crippen LogP contribution in [0.15, 0.2) is 35.2 Å². The first-order chi connectivity index (χ1) is 9.81. The van der Waals surface area contributed by atoms with Crippen LogP contribution in [0.25, 0.3) is 0 Å². The minimum absolute atomic E-state index is 0.0908. The van der Waals surface area contributed by atoms with Crippen molar-refractivity contribution in [1.29, 1.82) is 0 Å². The van der Waals surface area contributed by atoms with Gasteiger partial charge in [-0.3, -0.25) is 0 Å². The van der Waals surface area contributed by atoms with Crippen LogP contribution in [0.3, 0.4) is 0 Å². The lowest BCUT2D eigenvalue weighted by molar-refractivity contribution is 0.0503. The van der Waals surface area contributed by atoms with Crippen molar-refractivity contribution in [2.24, 2.45) is 0 Å². The Hall–Kier alpha value is -1.24. The number of carbonyl (C=O) groups is 1. The van der Waals surface area contributed by atoms with Gasteiger partial charge in [0.25, 0.3) is 0 Å². The summed E-state index contributed by atoms with van der Waals surface area (Å²) in [5, 5.41) is 11.7. The van der Waals surface area contributed by atoms with Crippen molar-refractivity contribution in [1.82, 2.24) is 5.32 Å². The molecule has 1 aromatic carbocycles. The summed E-state index contributed by atoms with van der Waals surface area (Å²) in [6.45, 7) is 5.23. The van der Waals surface area contributed by atoms with E-state index in [9.17, 15) is 9.35 Å². The van der Waals surface area contributed by atoms with E-state index < -0.39 is 28.9 Å². The Balaban J connectivity index is 2.59. The molecule has 5 nitrogen and oxygen atoms in total. The second kappa shape index (κ2) is 8.26. The molecule has 0 fully saturated rings. The van der Waals surface area contributed by atoms with Crippen LogP contribution in [0.1, 0.15) is 27.2 Å². The molecule has 0 aliphatic heterocycles. The Bertz CT molecular complexity index is 433. The van der Waals surface area contributed by atoms with Crippen LogP contribution < -0.4 is 5.32 Å². The normalized spacial score (nSPS) is 14.3. The van der Waals surface area contributed by atoms with Gasteiger partial charge in [-0.2, -0.15) is 0 Å². The Morgan fingerprint density at radius 3 is 2.52 bits per heavy atom. The molecule has 0 saturated heterocycles. The Labute approximate surface area is 128 Å². The summed E-state index contributed by atoms with van der Waals surface area (Å²) in [6.07, 6.45) is -0.233. The summed E-state index contributed by atoms with van der Waals surface area (Å²) in [4.78, 5) is 12.4. The summed E-state index contributed by atoms with van der Waals surface area (Å²) in [5.41, 5.74) is -0.591. The number of nitrogens with one attached hydrogen (secondary N) is 1. The molecule has 2 N–H and O–H groups in total. The molecule has 0 radical (unpaired) electrons. The first-order valence-corrected chi connectivity index (χ1v) is 8.17. The monoisotopic (exact) mass is 313 g/mol. The van der Waals surface area contributed by atoms with Crippen LogP contribution in [0.4, 0.5) is 4.79 Å². The average Bonchev–Trinajstić information content (AvgIpc) is 2.37. The van der Waals surface area contributed by atoms with Crippen molar-refractivity contribution in [3.05, 3.63) is 30.3 Å². The second-order valence-corrected chi connectivity index (χ2v) is 7.18. The van der Waals surface area contributed by atoms with Gasteiger partial charge in [0.15, 0.2) is 4.90 Å². The van der Waals surface area contributed by atoms with Gasteiger partial charge in [0.1, 0.15) is 11.4 Å². The Kier molecular flexibility index (Phi) is 7.01. The lowest BCUT2D eigenvalue weighted by atomic mass is 10.2. The molecule has 6 heteroatoms. The van der Waals surface area contributed by atoms with Crippen LogP contribution in [0.5, 0.6) is 0 Å². The number of rotatable bonds is 6. The lowest BCUT2D eigenvalue weighted by Crippen LogP contribution is -2.43. The van der Waals surface area contributed by atoms with Gasteiger partial charge in [-0.15, -0.1) is 0 Å². The van der Waals surface area contributed by atoms with E-state index >= 15 is 0 Å². The lowest BCUT2D eigenvalue weighted by Gasteiger charge is -2.23. The third-order valence-corrected chi connectivity index (χ3v) is 4.06. The number of aliphatic hydroxyl groups is 1. The zero-order valence-corrected chi connectivity index (χ0v) is 13.5. The zero-order valence-electron chi connectivity index (χ0n) is 12.7. The van der Waals surface area contributed by atoms with Gasteiger partial charge < -0.3 is 19.7 Å². The first-order valence-electron chi connectivity index (χ1n) is 6.85. The van der Waals surface area contributed by atoms with Gasteiger partial charge in [-0.1, -0.05) is 18.2 Å². The molecule has 2 atom stereocenters. The topological polar surface area (TPSA) is 81.6 Å². The van der Waals surface area contributed by atoms with Gasteiger partial charge in [0.05, 0.1) is 6.04 Å². The Morgan fingerprint density at radius 1 is 1.38 bits per heavy atom. The third-order valence-electron chi connectivity index (χ3n) is 2.56. The van der Waals surface area contributed by atoms with Crippen molar-refractivity contribution in [2.75, 3.05) is 12.4 Å². The maximum atomic E-state index is 12.2. The highest BCUT2D eigenvalue weighted by Gasteiger charge is 2.23. The largest absolute Gasteiger partial charge is 0.611 e. The van der Waals surface area contributed by atoms with Crippen LogP contribution in [-0.2, 0) is 15.9 Å². The number of hydrogen-bond acceptors (Lipinski definition) is 4. The molecule has 0 aromatic heterocycles. The maximum Gasteiger partial charge on any atom is 0.408 e. The highest BCUT2D eigenvalue weighted by molar-refractivity contribution is 7.91. The average molecular weight is 313 g/mol. The van der Waals surface area contributed by atoms with E-state index in [0.29, 0.717) is 11.3 Å². The van der Waals surface area contributed by atoms with E-state index in [1.165, 1.54) is 0 Å². The molecule has 0 bridgehead atoms. The fraction of sp³-hybridized carbons (Fsp3) is 0.533. The number of hydrogen-bond donors (Lipinski definition) is 2. The third kappa shape index (κ3) is 7.36. The molecule has 0 saturated carbocycles. The SMILES string of the molecule is CC(C)(C)OC(=O)N[C@H](CCO)C[S+]([O-])c1ccccc1. The molecule has 1 rings (SSSR count). The van der Waals surface area contributed by atoms with E-state index in [0.717, 1.165) is 0 Å². The van der Waals surface area contributed by atoms with Crippen molar-refractivity contribution >= 4 is 17.3 Å². The molecule has 1 unspecified atom stereocenters. The van der Waals surface area contributed by atoms with Crippen LogP contribution >= 0.6 is 0 Å². The molecular weight excluding hydrogens is 290 g/mol. The molecule has 1 amide bonds. The number of aliphatic hydroxyl groups excluding tert-OH is 1. The van der Waals surface area contributed by atoms with Crippen LogP contribution in [0, 0.1) is 0 Å². The molecule has 0 heterocycles. The zero-order chi connectivity index (χ0) is 15.9. The van der Waals surface area contributed by atoms with E-state index in [2.05, 4.69) is 5.32 Å². The molecule has 21 heavy (non-hydrogen) atoms. The summed E-state index contributed by atoms with van der Waals surface area (Å²) in [6, 6.07) is 8.64. The van der Waals surface area contributed by atoms with Crippen molar-refractivity contribution in [2.45, 2.75) is 43.7 Å². The standard InChI is InChI=1S/C15H23NO4S/c1-15(2,3)20-14(18)16-12(9-10-17)11-21(19)13-7-5-4-6-8-13/h4-8,12,17H,9-11H2,1-3H3,(H,16,18)/t12-,21?/m1/s1. The van der Waals surface area contributed by atoms with Gasteiger partial charge in [-0.05, 0) is 50.5 Å². The Morgan fingerprint density at radius 2 is 2.00 bits per heavy atom. The summed E-state index contributed by atoms with van der Waals surface area (Å²) < 4.78 is 17.4. The van der Waals surface area contributed by atoms with E-state index in [-0.39, 0.29) is 12.4 Å². The maximum absolute atomic E-state index is 12.2. The van der Waals surface area contributed by atoms with Gasteiger partial charge in [0.2, 0.25) is 0 Å². The van der Waals surface area contributed by atoms with E-state index in [4.69, 9.17) is 9.84 Å². The summed E-state index contributed by atoms with van der Waals surface area (Å²) >= 11 is -1.24. The molecule has 118 valence electrons. The van der Waals surface area contributed by atoms with Crippen molar-refractivity contribution in [3.8, 4) is 0 Å². The number of ether oxygens (including phenoxy) is 1. The summed E-state index contributed by atoms with van der Waals surface area (Å²) in [7, 11) is 0. The highest BCUT2D eigenvalue weighted by atomic mass is 32.2. The molecule has 0 aliphatic carbocycles. The minimum Gasteiger partial charge on any atom is -0.611 e. The van der Waals surface area contributed by atoms with E-state index in [1.54, 1.807) is 32.9 Å². The molecule has 1 aromatic rings.